The van der Waals surface area contributed by atoms with Crippen LogP contribution in [-0.2, 0) is 9.53 Å². The van der Waals surface area contributed by atoms with Crippen LogP contribution < -0.4 is 11.1 Å². The number of nitrogens with two attached hydrogens (primary N) is 1. The maximum absolute atomic E-state index is 12.0. The van der Waals surface area contributed by atoms with Crippen molar-refractivity contribution in [2.24, 2.45) is 22.7 Å². The largest absolute Gasteiger partial charge is 0.409 e. The Morgan fingerprint density at radius 1 is 1.56 bits per heavy atom. The number of oxime groups is 1. The Bertz CT molecular complexity index is 312. The first-order chi connectivity index (χ1) is 8.49. The van der Waals surface area contributed by atoms with Crippen LogP contribution in [0.5, 0.6) is 0 Å². The number of nitrogens with zero attached hydrogens (tertiary/aromatic N) is 1. The molecule has 1 aliphatic rings. The molecule has 0 bridgehead atoms. The molecule has 0 radical (unpaired) electrons. The van der Waals surface area contributed by atoms with E-state index in [1.54, 1.807) is 0 Å². The van der Waals surface area contributed by atoms with Crippen LogP contribution in [0.3, 0.4) is 0 Å². The minimum absolute atomic E-state index is 0.0105. The topological polar surface area (TPSA) is 96.9 Å². The first kappa shape index (κ1) is 14.8. The molecule has 1 unspecified atom stereocenters. The molecule has 104 valence electrons. The number of amides is 1. The van der Waals surface area contributed by atoms with Crippen LogP contribution in [-0.4, -0.2) is 35.7 Å². The SMILES string of the molecule is CCOC1CC(NC(=O)C(C(N)=NO)C(C)C)C1. The summed E-state index contributed by atoms with van der Waals surface area (Å²) >= 11 is 0. The van der Waals surface area contributed by atoms with E-state index in [-0.39, 0.29) is 29.8 Å². The van der Waals surface area contributed by atoms with Crippen molar-refractivity contribution in [3.8, 4) is 0 Å². The second-order valence-electron chi connectivity index (χ2n) is 5.00. The van der Waals surface area contributed by atoms with E-state index in [9.17, 15) is 4.79 Å². The zero-order valence-corrected chi connectivity index (χ0v) is 11.2. The van der Waals surface area contributed by atoms with Crippen LogP contribution in [0.2, 0.25) is 0 Å². The zero-order valence-electron chi connectivity index (χ0n) is 11.2. The molecule has 0 aromatic rings. The molecule has 1 amide bonds. The molecule has 6 nitrogen and oxygen atoms in total. The molecule has 0 aromatic heterocycles. The lowest BCUT2D eigenvalue weighted by atomic mass is 9.87. The van der Waals surface area contributed by atoms with E-state index in [2.05, 4.69) is 10.5 Å². The van der Waals surface area contributed by atoms with Gasteiger partial charge >= 0.3 is 0 Å². The molecule has 1 rings (SSSR count). The lowest BCUT2D eigenvalue weighted by Crippen LogP contribution is -2.52. The van der Waals surface area contributed by atoms with Crippen LogP contribution >= 0.6 is 0 Å². The molecule has 0 saturated heterocycles. The first-order valence-electron chi connectivity index (χ1n) is 6.38. The van der Waals surface area contributed by atoms with Gasteiger partial charge in [0.25, 0.3) is 0 Å². The van der Waals surface area contributed by atoms with Crippen LogP contribution in [0.15, 0.2) is 5.16 Å². The van der Waals surface area contributed by atoms with Gasteiger partial charge in [0, 0.05) is 12.6 Å². The van der Waals surface area contributed by atoms with Crippen LogP contribution in [0.25, 0.3) is 0 Å². The molecule has 6 heteroatoms. The number of amidine groups is 1. The van der Waals surface area contributed by atoms with E-state index >= 15 is 0 Å². The van der Waals surface area contributed by atoms with Crippen molar-refractivity contribution in [2.75, 3.05) is 6.61 Å². The number of rotatable bonds is 6. The van der Waals surface area contributed by atoms with E-state index in [1.165, 1.54) is 0 Å². The maximum atomic E-state index is 12.0. The van der Waals surface area contributed by atoms with E-state index in [0.717, 1.165) is 12.8 Å². The smallest absolute Gasteiger partial charge is 0.231 e. The van der Waals surface area contributed by atoms with Gasteiger partial charge in [-0.2, -0.15) is 0 Å². The second-order valence-corrected chi connectivity index (χ2v) is 5.00. The predicted molar refractivity (Wildman–Crippen MR) is 68.3 cm³/mol. The van der Waals surface area contributed by atoms with Crippen molar-refractivity contribution in [1.29, 1.82) is 0 Å². The van der Waals surface area contributed by atoms with Gasteiger partial charge in [-0.1, -0.05) is 19.0 Å². The van der Waals surface area contributed by atoms with Gasteiger partial charge in [0.05, 0.1) is 6.10 Å². The first-order valence-corrected chi connectivity index (χ1v) is 6.38. The third-order valence-electron chi connectivity index (χ3n) is 3.23. The van der Waals surface area contributed by atoms with Crippen molar-refractivity contribution in [3.63, 3.8) is 0 Å². The number of carbonyl (C=O) groups excluding carboxylic acids is 1. The fraction of sp³-hybridized carbons (Fsp3) is 0.833. The average molecular weight is 257 g/mol. The summed E-state index contributed by atoms with van der Waals surface area (Å²) < 4.78 is 5.43. The zero-order chi connectivity index (χ0) is 13.7. The summed E-state index contributed by atoms with van der Waals surface area (Å²) in [6.45, 7) is 6.39. The summed E-state index contributed by atoms with van der Waals surface area (Å²) in [5.41, 5.74) is 5.54. The molecular formula is C12H23N3O3. The predicted octanol–water partition coefficient (Wildman–Crippen LogP) is 0.689. The fourth-order valence-corrected chi connectivity index (χ4v) is 2.19. The summed E-state index contributed by atoms with van der Waals surface area (Å²) in [5, 5.41) is 14.5. The van der Waals surface area contributed by atoms with E-state index in [1.807, 2.05) is 20.8 Å². The number of hydrogen-bond acceptors (Lipinski definition) is 4. The quantitative estimate of drug-likeness (QED) is 0.282. The number of carbonyl (C=O) groups is 1. The molecular weight excluding hydrogens is 234 g/mol. The third-order valence-corrected chi connectivity index (χ3v) is 3.23. The van der Waals surface area contributed by atoms with Gasteiger partial charge in [-0.3, -0.25) is 4.79 Å². The molecule has 1 saturated carbocycles. The van der Waals surface area contributed by atoms with Gasteiger partial charge in [-0.05, 0) is 25.7 Å². The molecule has 0 heterocycles. The van der Waals surface area contributed by atoms with Gasteiger partial charge in [-0.15, -0.1) is 0 Å². The fourth-order valence-electron chi connectivity index (χ4n) is 2.19. The Labute approximate surface area is 108 Å². The van der Waals surface area contributed by atoms with Crippen molar-refractivity contribution < 1.29 is 14.7 Å². The van der Waals surface area contributed by atoms with Crippen LogP contribution in [0.4, 0.5) is 0 Å². The molecule has 0 spiro atoms. The van der Waals surface area contributed by atoms with Crippen LogP contribution in [0.1, 0.15) is 33.6 Å². The van der Waals surface area contributed by atoms with Crippen molar-refractivity contribution >= 4 is 11.7 Å². The summed E-state index contributed by atoms with van der Waals surface area (Å²) in [5.74, 6) is -0.812. The summed E-state index contributed by atoms with van der Waals surface area (Å²) in [4.78, 5) is 12.0. The van der Waals surface area contributed by atoms with Crippen molar-refractivity contribution in [1.82, 2.24) is 5.32 Å². The third kappa shape index (κ3) is 3.60. The highest BCUT2D eigenvalue weighted by Crippen LogP contribution is 2.24. The number of nitrogens with one attached hydrogen (secondary N) is 1. The highest BCUT2D eigenvalue weighted by Gasteiger charge is 2.34. The highest BCUT2D eigenvalue weighted by atomic mass is 16.5. The number of hydrogen-bond donors (Lipinski definition) is 3. The van der Waals surface area contributed by atoms with Crippen molar-refractivity contribution in [2.45, 2.75) is 45.8 Å². The lowest BCUT2D eigenvalue weighted by molar-refractivity contribution is -0.126. The maximum Gasteiger partial charge on any atom is 0.231 e. The van der Waals surface area contributed by atoms with Gasteiger partial charge < -0.3 is 21.0 Å². The summed E-state index contributed by atoms with van der Waals surface area (Å²) in [6.07, 6.45) is 1.92. The van der Waals surface area contributed by atoms with Gasteiger partial charge in [-0.25, -0.2) is 0 Å². The highest BCUT2D eigenvalue weighted by molar-refractivity contribution is 6.02. The van der Waals surface area contributed by atoms with E-state index < -0.39 is 5.92 Å². The van der Waals surface area contributed by atoms with Gasteiger partial charge in [0.15, 0.2) is 5.84 Å². The monoisotopic (exact) mass is 257 g/mol. The summed E-state index contributed by atoms with van der Waals surface area (Å²) in [7, 11) is 0. The molecule has 1 atom stereocenters. The molecule has 0 aliphatic heterocycles. The van der Waals surface area contributed by atoms with Gasteiger partial charge in [0.1, 0.15) is 5.92 Å². The average Bonchev–Trinajstić information content (AvgIpc) is 2.25. The Balaban J connectivity index is 2.44. The summed E-state index contributed by atoms with van der Waals surface area (Å²) in [6, 6.07) is 0.141. The van der Waals surface area contributed by atoms with Crippen molar-refractivity contribution in [3.05, 3.63) is 0 Å². The van der Waals surface area contributed by atoms with Gasteiger partial charge in [0.2, 0.25) is 5.91 Å². The molecule has 1 fully saturated rings. The minimum atomic E-state index is -0.582. The van der Waals surface area contributed by atoms with Crippen LogP contribution in [0, 0.1) is 11.8 Å². The lowest BCUT2D eigenvalue weighted by Gasteiger charge is -2.36. The molecule has 18 heavy (non-hydrogen) atoms. The second kappa shape index (κ2) is 6.58. The molecule has 1 aliphatic carbocycles. The standard InChI is InChI=1S/C12H23N3O3/c1-4-18-9-5-8(6-9)14-12(16)10(7(2)3)11(13)15-17/h7-10,17H,4-6H2,1-3H3,(H2,13,15)(H,14,16). The Hall–Kier alpha value is -1.30. The molecule has 4 N–H and O–H groups in total. The van der Waals surface area contributed by atoms with E-state index in [4.69, 9.17) is 15.7 Å². The number of ether oxygens (including phenoxy) is 1. The minimum Gasteiger partial charge on any atom is -0.409 e. The van der Waals surface area contributed by atoms with E-state index in [0.29, 0.717) is 6.61 Å². The Kier molecular flexibility index (Phi) is 5.40. The molecule has 0 aromatic carbocycles. The Morgan fingerprint density at radius 2 is 2.17 bits per heavy atom. The normalized spacial score (nSPS) is 25.7. The Morgan fingerprint density at radius 3 is 2.61 bits per heavy atom.